The molecular formula is C19H25N3O5. The zero-order valence-electron chi connectivity index (χ0n) is 15.7. The summed E-state index contributed by atoms with van der Waals surface area (Å²) in [6, 6.07) is 9.37. The second kappa shape index (κ2) is 7.66. The standard InChI is InChI=1S/C19H25N3O5/c1-12-15(23)11-14-16(22(24)25)18(21-17(12)19(14,26-2)27-3)20-10-9-13-7-5-4-6-8-13/h4-8,12,14,17,20-21H,9-11H2,1-3H3. The summed E-state index contributed by atoms with van der Waals surface area (Å²) in [5.74, 6) is -2.11. The molecule has 2 bridgehead atoms. The minimum absolute atomic E-state index is 0.0151. The van der Waals surface area contributed by atoms with Gasteiger partial charge in [0.15, 0.2) is 5.82 Å². The van der Waals surface area contributed by atoms with E-state index < -0.39 is 22.7 Å². The Labute approximate surface area is 158 Å². The third-order valence-electron chi connectivity index (χ3n) is 5.61. The van der Waals surface area contributed by atoms with Crippen molar-refractivity contribution in [2.24, 2.45) is 11.8 Å². The SMILES string of the molecule is COC1(OC)C2CC(=O)C(C)C1NC(NCCc1ccccc1)=C2[N+](=O)[O-]. The molecule has 2 aliphatic rings. The first-order valence-corrected chi connectivity index (χ1v) is 9.00. The van der Waals surface area contributed by atoms with Crippen LogP contribution < -0.4 is 10.6 Å². The lowest BCUT2D eigenvalue weighted by Gasteiger charge is -2.51. The third-order valence-corrected chi connectivity index (χ3v) is 5.61. The van der Waals surface area contributed by atoms with Crippen molar-refractivity contribution in [3.05, 3.63) is 57.5 Å². The van der Waals surface area contributed by atoms with Crippen molar-refractivity contribution in [1.29, 1.82) is 0 Å². The summed E-state index contributed by atoms with van der Waals surface area (Å²) in [6.45, 7) is 2.32. The molecule has 1 saturated carbocycles. The zero-order chi connectivity index (χ0) is 19.6. The number of ketones is 1. The first kappa shape index (κ1) is 19.3. The number of nitrogens with one attached hydrogen (secondary N) is 2. The summed E-state index contributed by atoms with van der Waals surface area (Å²) in [6.07, 6.45) is 0.738. The van der Waals surface area contributed by atoms with E-state index in [1.165, 1.54) is 14.2 Å². The zero-order valence-corrected chi connectivity index (χ0v) is 15.7. The highest BCUT2D eigenvalue weighted by Gasteiger charge is 2.63. The van der Waals surface area contributed by atoms with Crippen LogP contribution in [0.4, 0.5) is 0 Å². The quantitative estimate of drug-likeness (QED) is 0.422. The topological polar surface area (TPSA) is 103 Å². The van der Waals surface area contributed by atoms with Gasteiger partial charge < -0.3 is 20.1 Å². The molecule has 1 aromatic carbocycles. The number of rotatable bonds is 7. The Morgan fingerprint density at radius 3 is 2.56 bits per heavy atom. The Morgan fingerprint density at radius 1 is 1.30 bits per heavy atom. The van der Waals surface area contributed by atoms with Gasteiger partial charge in [0, 0.05) is 33.1 Å². The normalized spacial score (nSPS) is 26.5. The highest BCUT2D eigenvalue weighted by atomic mass is 16.7. The van der Waals surface area contributed by atoms with E-state index in [0.717, 1.165) is 12.0 Å². The number of carbonyl (C=O) groups excluding carboxylic acids is 1. The van der Waals surface area contributed by atoms with E-state index in [2.05, 4.69) is 10.6 Å². The minimum Gasteiger partial charge on any atom is -0.366 e. The van der Waals surface area contributed by atoms with Crippen molar-refractivity contribution in [2.45, 2.75) is 31.6 Å². The van der Waals surface area contributed by atoms with E-state index in [9.17, 15) is 14.9 Å². The minimum atomic E-state index is -1.25. The van der Waals surface area contributed by atoms with Gasteiger partial charge in [0.1, 0.15) is 11.7 Å². The Kier molecular flexibility index (Phi) is 5.48. The number of methoxy groups -OCH3 is 2. The molecule has 3 unspecified atom stereocenters. The first-order valence-electron chi connectivity index (χ1n) is 9.00. The maximum absolute atomic E-state index is 12.4. The molecule has 1 aromatic rings. The van der Waals surface area contributed by atoms with E-state index in [0.29, 0.717) is 12.4 Å². The summed E-state index contributed by atoms with van der Waals surface area (Å²) in [7, 11) is 2.91. The Hall–Kier alpha value is -2.45. The molecule has 8 heteroatoms. The molecule has 1 aliphatic carbocycles. The van der Waals surface area contributed by atoms with Crippen molar-refractivity contribution < 1.29 is 19.2 Å². The predicted octanol–water partition coefficient (Wildman–Crippen LogP) is 1.45. The molecule has 0 spiro atoms. The van der Waals surface area contributed by atoms with Crippen molar-refractivity contribution in [3.63, 3.8) is 0 Å². The van der Waals surface area contributed by atoms with Gasteiger partial charge in [0.05, 0.1) is 11.0 Å². The van der Waals surface area contributed by atoms with Gasteiger partial charge in [-0.1, -0.05) is 37.3 Å². The van der Waals surface area contributed by atoms with Crippen LogP contribution in [0, 0.1) is 22.0 Å². The molecule has 1 heterocycles. The average Bonchev–Trinajstić information content (AvgIpc) is 2.67. The molecule has 1 fully saturated rings. The molecule has 0 amide bonds. The van der Waals surface area contributed by atoms with Gasteiger partial charge in [-0.15, -0.1) is 0 Å². The smallest absolute Gasteiger partial charge is 0.294 e. The van der Waals surface area contributed by atoms with Gasteiger partial charge in [0.2, 0.25) is 5.79 Å². The largest absolute Gasteiger partial charge is 0.366 e. The van der Waals surface area contributed by atoms with Crippen LogP contribution in [-0.4, -0.2) is 43.3 Å². The fourth-order valence-corrected chi connectivity index (χ4v) is 4.16. The maximum Gasteiger partial charge on any atom is 0.294 e. The van der Waals surface area contributed by atoms with Gasteiger partial charge in [-0.05, 0) is 12.0 Å². The van der Waals surface area contributed by atoms with Crippen LogP contribution in [-0.2, 0) is 20.7 Å². The molecule has 27 heavy (non-hydrogen) atoms. The monoisotopic (exact) mass is 375 g/mol. The Bertz CT molecular complexity index is 745. The lowest BCUT2D eigenvalue weighted by atomic mass is 9.69. The van der Waals surface area contributed by atoms with Gasteiger partial charge in [-0.25, -0.2) is 0 Å². The van der Waals surface area contributed by atoms with E-state index in [-0.39, 0.29) is 23.8 Å². The van der Waals surface area contributed by atoms with Crippen LogP contribution in [0.3, 0.4) is 0 Å². The van der Waals surface area contributed by atoms with Crippen LogP contribution in [0.15, 0.2) is 41.8 Å². The van der Waals surface area contributed by atoms with Gasteiger partial charge in [-0.3, -0.25) is 14.9 Å². The number of fused-ring (bicyclic) bond motifs is 2. The summed E-state index contributed by atoms with van der Waals surface area (Å²) >= 11 is 0. The molecule has 1 aliphatic heterocycles. The summed E-state index contributed by atoms with van der Waals surface area (Å²) in [5.41, 5.74) is 1.04. The van der Waals surface area contributed by atoms with E-state index >= 15 is 0 Å². The fraction of sp³-hybridized carbons (Fsp3) is 0.526. The average molecular weight is 375 g/mol. The second-order valence-electron chi connectivity index (χ2n) is 6.94. The number of Topliss-reactive ketones (excluding diaryl/α,β-unsaturated/α-hetero) is 1. The van der Waals surface area contributed by atoms with Crippen LogP contribution in [0.1, 0.15) is 18.9 Å². The van der Waals surface area contributed by atoms with E-state index in [1.807, 2.05) is 30.3 Å². The Balaban J connectivity index is 1.90. The summed E-state index contributed by atoms with van der Waals surface area (Å²) in [5, 5.41) is 18.1. The van der Waals surface area contributed by atoms with Crippen LogP contribution in [0.5, 0.6) is 0 Å². The van der Waals surface area contributed by atoms with Crippen molar-refractivity contribution in [1.82, 2.24) is 10.6 Å². The maximum atomic E-state index is 12.4. The molecule has 8 nitrogen and oxygen atoms in total. The fourth-order valence-electron chi connectivity index (χ4n) is 4.16. The molecule has 0 saturated heterocycles. The lowest BCUT2D eigenvalue weighted by Crippen LogP contribution is -2.69. The van der Waals surface area contributed by atoms with E-state index in [4.69, 9.17) is 9.47 Å². The molecule has 0 radical (unpaired) electrons. The summed E-state index contributed by atoms with van der Waals surface area (Å²) in [4.78, 5) is 23.8. The number of hydrogen-bond acceptors (Lipinski definition) is 7. The predicted molar refractivity (Wildman–Crippen MR) is 98.1 cm³/mol. The van der Waals surface area contributed by atoms with Crippen LogP contribution in [0.2, 0.25) is 0 Å². The molecule has 3 atom stereocenters. The lowest BCUT2D eigenvalue weighted by molar-refractivity contribution is -0.451. The second-order valence-corrected chi connectivity index (χ2v) is 6.94. The van der Waals surface area contributed by atoms with Gasteiger partial charge >= 0.3 is 0 Å². The highest BCUT2D eigenvalue weighted by Crippen LogP contribution is 2.46. The molecular weight excluding hydrogens is 350 g/mol. The van der Waals surface area contributed by atoms with Crippen molar-refractivity contribution in [2.75, 3.05) is 20.8 Å². The number of ether oxygens (including phenoxy) is 2. The third kappa shape index (κ3) is 3.30. The number of nitro groups is 1. The molecule has 2 N–H and O–H groups in total. The van der Waals surface area contributed by atoms with E-state index in [1.54, 1.807) is 6.92 Å². The van der Waals surface area contributed by atoms with Crippen LogP contribution in [0.25, 0.3) is 0 Å². The van der Waals surface area contributed by atoms with Gasteiger partial charge in [-0.2, -0.15) is 0 Å². The highest BCUT2D eigenvalue weighted by molar-refractivity contribution is 5.83. The van der Waals surface area contributed by atoms with Crippen LogP contribution >= 0.6 is 0 Å². The summed E-state index contributed by atoms with van der Waals surface area (Å²) < 4.78 is 11.2. The van der Waals surface area contributed by atoms with Crippen molar-refractivity contribution in [3.8, 4) is 0 Å². The van der Waals surface area contributed by atoms with Crippen molar-refractivity contribution >= 4 is 5.78 Å². The number of benzene rings is 1. The number of carbonyl (C=O) groups is 1. The number of nitrogens with zero attached hydrogens (tertiary/aromatic N) is 1. The number of hydrogen-bond donors (Lipinski definition) is 2. The van der Waals surface area contributed by atoms with Gasteiger partial charge in [0.25, 0.3) is 5.70 Å². The molecule has 0 aromatic heterocycles. The molecule has 3 rings (SSSR count). The Morgan fingerprint density at radius 2 is 1.96 bits per heavy atom. The first-order chi connectivity index (χ1) is 12.9. The molecule has 146 valence electrons.